The van der Waals surface area contributed by atoms with Crippen molar-refractivity contribution in [1.82, 2.24) is 4.90 Å². The van der Waals surface area contributed by atoms with Crippen molar-refractivity contribution in [2.24, 2.45) is 0 Å². The lowest BCUT2D eigenvalue weighted by Gasteiger charge is -2.28. The van der Waals surface area contributed by atoms with Crippen LogP contribution in [0.5, 0.6) is 0 Å². The Kier molecular flexibility index (Phi) is 4.09. The van der Waals surface area contributed by atoms with Gasteiger partial charge in [0.25, 0.3) is 0 Å². The molecule has 0 unspecified atom stereocenters. The van der Waals surface area contributed by atoms with Gasteiger partial charge in [-0.3, -0.25) is 9.59 Å². The van der Waals surface area contributed by atoms with Gasteiger partial charge in [-0.15, -0.1) is 0 Å². The van der Waals surface area contributed by atoms with Crippen molar-refractivity contribution in [2.75, 3.05) is 26.3 Å². The topological polar surface area (TPSA) is 77.8 Å². The van der Waals surface area contributed by atoms with Crippen LogP contribution in [-0.4, -0.2) is 53.0 Å². The van der Waals surface area contributed by atoms with Gasteiger partial charge in [0, 0.05) is 36.0 Å². The molecule has 5 nitrogen and oxygen atoms in total. The Hall–Kier alpha value is -1.98. The summed E-state index contributed by atoms with van der Waals surface area (Å²) < 4.78 is 0. The van der Waals surface area contributed by atoms with Crippen LogP contribution in [0.25, 0.3) is 5.70 Å². The zero-order valence-corrected chi connectivity index (χ0v) is 10.4. The first kappa shape index (κ1) is 13.5. The van der Waals surface area contributed by atoms with Crippen molar-refractivity contribution in [3.05, 3.63) is 41.5 Å². The van der Waals surface area contributed by atoms with Crippen molar-refractivity contribution in [3.8, 4) is 0 Å². The monoisotopic (exact) mass is 261 g/mol. The van der Waals surface area contributed by atoms with Crippen LogP contribution in [-0.2, 0) is 4.79 Å². The summed E-state index contributed by atoms with van der Waals surface area (Å²) in [6.07, 6.45) is 1.27. The van der Waals surface area contributed by atoms with Gasteiger partial charge in [0.1, 0.15) is 0 Å². The van der Waals surface area contributed by atoms with Crippen LogP contribution in [0.1, 0.15) is 15.9 Å². The molecule has 0 amide bonds. The standard InChI is InChI=1S/C14H15NO4/c16-7-5-15(6-8-17)12-9-13(18)14(19)11-4-2-1-3-10(11)12/h1-4,9,16-17H,5-8H2. The predicted molar refractivity (Wildman–Crippen MR) is 69.5 cm³/mol. The summed E-state index contributed by atoms with van der Waals surface area (Å²) in [7, 11) is 0. The molecule has 1 aliphatic rings. The molecule has 1 aromatic rings. The average molecular weight is 261 g/mol. The Bertz CT molecular complexity index is 530. The van der Waals surface area contributed by atoms with Crippen molar-refractivity contribution >= 4 is 17.3 Å². The summed E-state index contributed by atoms with van der Waals surface area (Å²) in [5.74, 6) is -1.10. The summed E-state index contributed by atoms with van der Waals surface area (Å²) in [4.78, 5) is 25.2. The number of benzene rings is 1. The number of aliphatic hydroxyl groups excluding tert-OH is 2. The van der Waals surface area contributed by atoms with Gasteiger partial charge in [0.2, 0.25) is 11.6 Å². The van der Waals surface area contributed by atoms with Gasteiger partial charge in [0.05, 0.1) is 13.2 Å². The molecule has 0 bridgehead atoms. The molecule has 0 heterocycles. The van der Waals surface area contributed by atoms with Crippen LogP contribution in [0.15, 0.2) is 30.3 Å². The molecule has 0 saturated heterocycles. The van der Waals surface area contributed by atoms with E-state index in [1.165, 1.54) is 6.08 Å². The van der Waals surface area contributed by atoms with Crippen LogP contribution in [0.2, 0.25) is 0 Å². The van der Waals surface area contributed by atoms with Crippen molar-refractivity contribution in [1.29, 1.82) is 0 Å². The predicted octanol–water partition coefficient (Wildman–Crippen LogP) is 0.0795. The van der Waals surface area contributed by atoms with E-state index in [0.29, 0.717) is 29.9 Å². The zero-order valence-electron chi connectivity index (χ0n) is 10.4. The molecular formula is C14H15NO4. The Morgan fingerprint density at radius 2 is 1.53 bits per heavy atom. The number of rotatable bonds is 5. The highest BCUT2D eigenvalue weighted by atomic mass is 16.3. The number of hydrogen-bond acceptors (Lipinski definition) is 5. The average Bonchev–Trinajstić information content (AvgIpc) is 2.43. The van der Waals surface area contributed by atoms with E-state index in [-0.39, 0.29) is 13.2 Å². The molecule has 0 saturated carbocycles. The van der Waals surface area contributed by atoms with Crippen LogP contribution in [0.3, 0.4) is 0 Å². The smallest absolute Gasteiger partial charge is 0.233 e. The molecule has 0 spiro atoms. The Balaban J connectivity index is 2.46. The quantitative estimate of drug-likeness (QED) is 0.734. The van der Waals surface area contributed by atoms with E-state index in [9.17, 15) is 9.59 Å². The summed E-state index contributed by atoms with van der Waals surface area (Å²) in [5.41, 5.74) is 1.60. The maximum absolute atomic E-state index is 11.8. The number of nitrogens with zero attached hydrogens (tertiary/aromatic N) is 1. The molecule has 1 aromatic carbocycles. The number of Topliss-reactive ketones (excluding diaryl/α,β-unsaturated/α-hetero) is 1. The number of carbonyl (C=O) groups excluding carboxylic acids is 2. The lowest BCUT2D eigenvalue weighted by atomic mass is 9.92. The first-order valence-corrected chi connectivity index (χ1v) is 6.05. The molecule has 19 heavy (non-hydrogen) atoms. The lowest BCUT2D eigenvalue weighted by Crippen LogP contribution is -2.32. The van der Waals surface area contributed by atoms with Gasteiger partial charge in [-0.25, -0.2) is 0 Å². The van der Waals surface area contributed by atoms with E-state index >= 15 is 0 Å². The van der Waals surface area contributed by atoms with E-state index in [1.54, 1.807) is 29.2 Å². The van der Waals surface area contributed by atoms with E-state index in [2.05, 4.69) is 0 Å². The molecule has 0 aliphatic heterocycles. The number of carbonyl (C=O) groups is 2. The fourth-order valence-corrected chi connectivity index (χ4v) is 2.16. The van der Waals surface area contributed by atoms with Gasteiger partial charge in [-0.2, -0.15) is 0 Å². The number of hydrogen-bond donors (Lipinski definition) is 2. The van der Waals surface area contributed by atoms with Crippen molar-refractivity contribution < 1.29 is 19.8 Å². The Morgan fingerprint density at radius 1 is 0.947 bits per heavy atom. The van der Waals surface area contributed by atoms with Crippen LogP contribution < -0.4 is 0 Å². The second kappa shape index (κ2) is 5.77. The third-order valence-electron chi connectivity index (χ3n) is 3.02. The molecule has 2 rings (SSSR count). The third-order valence-corrected chi connectivity index (χ3v) is 3.02. The molecule has 0 radical (unpaired) electrons. The number of allylic oxidation sites excluding steroid dienone is 1. The Morgan fingerprint density at radius 3 is 2.11 bits per heavy atom. The molecule has 0 fully saturated rings. The second-order valence-corrected chi connectivity index (χ2v) is 4.20. The normalized spacial score (nSPS) is 14.1. The maximum Gasteiger partial charge on any atom is 0.233 e. The minimum atomic E-state index is -0.574. The molecule has 100 valence electrons. The van der Waals surface area contributed by atoms with Gasteiger partial charge < -0.3 is 15.1 Å². The highest BCUT2D eigenvalue weighted by Crippen LogP contribution is 2.27. The van der Waals surface area contributed by atoms with E-state index < -0.39 is 11.6 Å². The lowest BCUT2D eigenvalue weighted by molar-refractivity contribution is -0.111. The summed E-state index contributed by atoms with van der Waals surface area (Å²) in [6, 6.07) is 6.85. The van der Waals surface area contributed by atoms with Crippen LogP contribution in [0, 0.1) is 0 Å². The number of fused-ring (bicyclic) bond motifs is 1. The third kappa shape index (κ3) is 2.57. The van der Waals surface area contributed by atoms with E-state index in [1.807, 2.05) is 0 Å². The van der Waals surface area contributed by atoms with Gasteiger partial charge in [-0.1, -0.05) is 24.3 Å². The van der Waals surface area contributed by atoms with Gasteiger partial charge in [-0.05, 0) is 0 Å². The first-order chi connectivity index (χ1) is 9.19. The molecule has 0 atom stereocenters. The van der Waals surface area contributed by atoms with Crippen molar-refractivity contribution in [3.63, 3.8) is 0 Å². The molecule has 1 aliphatic carbocycles. The minimum absolute atomic E-state index is 0.0956. The summed E-state index contributed by atoms with van der Waals surface area (Å²) in [5, 5.41) is 18.1. The molecular weight excluding hydrogens is 246 g/mol. The largest absolute Gasteiger partial charge is 0.395 e. The van der Waals surface area contributed by atoms with Crippen molar-refractivity contribution in [2.45, 2.75) is 0 Å². The number of aliphatic hydroxyl groups is 2. The van der Waals surface area contributed by atoms with E-state index in [0.717, 1.165) is 0 Å². The molecule has 2 N–H and O–H groups in total. The highest BCUT2D eigenvalue weighted by Gasteiger charge is 2.27. The van der Waals surface area contributed by atoms with Gasteiger partial charge in [0.15, 0.2) is 0 Å². The Labute approximate surface area is 110 Å². The first-order valence-electron chi connectivity index (χ1n) is 6.05. The fraction of sp³-hybridized carbons (Fsp3) is 0.286. The zero-order chi connectivity index (χ0) is 13.8. The SMILES string of the molecule is O=C1C=C(N(CCO)CCO)c2ccccc2C1=O. The van der Waals surface area contributed by atoms with Crippen LogP contribution >= 0.6 is 0 Å². The second-order valence-electron chi connectivity index (χ2n) is 4.20. The summed E-state index contributed by atoms with van der Waals surface area (Å²) in [6.45, 7) is 0.397. The fourth-order valence-electron chi connectivity index (χ4n) is 2.16. The van der Waals surface area contributed by atoms with E-state index in [4.69, 9.17) is 10.2 Å². The highest BCUT2D eigenvalue weighted by molar-refractivity contribution is 6.50. The molecule has 0 aromatic heterocycles. The van der Waals surface area contributed by atoms with Crippen LogP contribution in [0.4, 0.5) is 0 Å². The number of ketones is 2. The van der Waals surface area contributed by atoms with Gasteiger partial charge >= 0.3 is 0 Å². The minimum Gasteiger partial charge on any atom is -0.395 e. The summed E-state index contributed by atoms with van der Waals surface area (Å²) >= 11 is 0. The maximum atomic E-state index is 11.8. The molecule has 5 heteroatoms.